The molecule has 1 rings (SSSR count). The third-order valence-electron chi connectivity index (χ3n) is 2.36. The maximum atomic E-state index is 10.9. The van der Waals surface area contributed by atoms with Gasteiger partial charge in [0, 0.05) is 13.7 Å². The molecule has 21 heavy (non-hydrogen) atoms. The van der Waals surface area contributed by atoms with Gasteiger partial charge in [0.25, 0.3) is 5.88 Å². The highest BCUT2D eigenvalue weighted by Gasteiger charge is 2.18. The lowest BCUT2D eigenvalue weighted by Gasteiger charge is -2.08. The molecule has 0 saturated carbocycles. The standard InChI is InChI=1S/C12H20N4O5/c1-3-4-13-12-14-9-10(16(17)18)11(15-12)21-8-7-20-6-5-19-2/h9H,3-8H2,1-2H3,(H,13,14,15). The molecule has 0 fully saturated rings. The van der Waals surface area contributed by atoms with Gasteiger partial charge in [0.05, 0.1) is 24.7 Å². The molecule has 1 aromatic rings. The van der Waals surface area contributed by atoms with Gasteiger partial charge in [0.2, 0.25) is 5.95 Å². The molecule has 9 nitrogen and oxygen atoms in total. The minimum Gasteiger partial charge on any atom is -0.470 e. The monoisotopic (exact) mass is 300 g/mol. The molecule has 9 heteroatoms. The first-order chi connectivity index (χ1) is 10.2. The molecule has 0 atom stereocenters. The summed E-state index contributed by atoms with van der Waals surface area (Å²) in [4.78, 5) is 18.2. The van der Waals surface area contributed by atoms with Crippen LogP contribution in [0.2, 0.25) is 0 Å². The molecule has 0 unspecified atom stereocenters. The van der Waals surface area contributed by atoms with Gasteiger partial charge in [-0.15, -0.1) is 0 Å². The molecule has 0 aliphatic heterocycles. The van der Waals surface area contributed by atoms with Gasteiger partial charge in [-0.2, -0.15) is 4.98 Å². The first-order valence-corrected chi connectivity index (χ1v) is 6.63. The van der Waals surface area contributed by atoms with Crippen LogP contribution in [-0.2, 0) is 9.47 Å². The van der Waals surface area contributed by atoms with Crippen molar-refractivity contribution in [2.24, 2.45) is 0 Å². The average Bonchev–Trinajstić information content (AvgIpc) is 2.48. The summed E-state index contributed by atoms with van der Waals surface area (Å²) in [6, 6.07) is 0. The summed E-state index contributed by atoms with van der Waals surface area (Å²) in [5.41, 5.74) is -0.270. The van der Waals surface area contributed by atoms with E-state index in [9.17, 15) is 10.1 Å². The van der Waals surface area contributed by atoms with Crippen LogP contribution >= 0.6 is 0 Å². The lowest BCUT2D eigenvalue weighted by atomic mass is 10.5. The van der Waals surface area contributed by atoms with Gasteiger partial charge in [-0.3, -0.25) is 10.1 Å². The lowest BCUT2D eigenvalue weighted by Crippen LogP contribution is -2.12. The number of hydrogen-bond acceptors (Lipinski definition) is 8. The van der Waals surface area contributed by atoms with Crippen molar-refractivity contribution >= 4 is 11.6 Å². The van der Waals surface area contributed by atoms with E-state index < -0.39 is 4.92 Å². The Hall–Kier alpha value is -2.00. The molecule has 0 spiro atoms. The normalized spacial score (nSPS) is 10.4. The van der Waals surface area contributed by atoms with E-state index >= 15 is 0 Å². The largest absolute Gasteiger partial charge is 0.470 e. The Balaban J connectivity index is 2.57. The highest BCUT2D eigenvalue weighted by Crippen LogP contribution is 2.24. The fourth-order valence-corrected chi connectivity index (χ4v) is 1.35. The number of rotatable bonds is 11. The minimum absolute atomic E-state index is 0.0658. The topological polar surface area (TPSA) is 109 Å². The SMILES string of the molecule is CCCNc1ncc([N+](=O)[O-])c(OCCOCCOC)n1. The lowest BCUT2D eigenvalue weighted by molar-refractivity contribution is -0.386. The molecule has 1 aromatic heterocycles. The third-order valence-corrected chi connectivity index (χ3v) is 2.36. The molecule has 0 aromatic carbocycles. The molecular weight excluding hydrogens is 280 g/mol. The van der Waals surface area contributed by atoms with Crippen molar-refractivity contribution in [1.29, 1.82) is 0 Å². The molecule has 1 heterocycles. The van der Waals surface area contributed by atoms with Gasteiger partial charge in [-0.05, 0) is 6.42 Å². The number of hydrogen-bond donors (Lipinski definition) is 1. The van der Waals surface area contributed by atoms with Crippen molar-refractivity contribution in [3.63, 3.8) is 0 Å². The Labute approximate surface area is 122 Å². The Morgan fingerprint density at radius 1 is 1.33 bits per heavy atom. The average molecular weight is 300 g/mol. The molecule has 0 aliphatic carbocycles. The van der Waals surface area contributed by atoms with Gasteiger partial charge in [0.1, 0.15) is 12.8 Å². The van der Waals surface area contributed by atoms with Crippen molar-refractivity contribution in [3.8, 4) is 5.88 Å². The number of nitrogens with one attached hydrogen (secondary N) is 1. The van der Waals surface area contributed by atoms with E-state index in [1.807, 2.05) is 6.92 Å². The first kappa shape index (κ1) is 17.1. The zero-order valence-corrected chi connectivity index (χ0v) is 12.2. The number of aromatic nitrogens is 2. The van der Waals surface area contributed by atoms with Crippen LogP contribution in [0.5, 0.6) is 5.88 Å². The van der Waals surface area contributed by atoms with Crippen molar-refractivity contribution in [2.75, 3.05) is 45.4 Å². The molecule has 118 valence electrons. The molecule has 1 N–H and O–H groups in total. The molecule has 0 aliphatic rings. The van der Waals surface area contributed by atoms with Crippen molar-refractivity contribution in [2.45, 2.75) is 13.3 Å². The number of anilines is 1. The highest BCUT2D eigenvalue weighted by atomic mass is 16.6. The van der Waals surface area contributed by atoms with Gasteiger partial charge in [0.15, 0.2) is 0 Å². The van der Waals surface area contributed by atoms with Gasteiger partial charge in [-0.25, -0.2) is 4.98 Å². The van der Waals surface area contributed by atoms with Crippen molar-refractivity contribution < 1.29 is 19.1 Å². The summed E-state index contributed by atoms with van der Waals surface area (Å²) < 4.78 is 15.3. The number of ether oxygens (including phenoxy) is 3. The number of nitrogens with zero attached hydrogens (tertiary/aromatic N) is 3. The van der Waals surface area contributed by atoms with Crippen molar-refractivity contribution in [1.82, 2.24) is 9.97 Å². The zero-order chi connectivity index (χ0) is 15.5. The summed E-state index contributed by atoms with van der Waals surface area (Å²) in [5.74, 6) is 0.238. The molecular formula is C12H20N4O5. The van der Waals surface area contributed by atoms with Crippen LogP contribution in [0.1, 0.15) is 13.3 Å². The van der Waals surface area contributed by atoms with Crippen LogP contribution < -0.4 is 10.1 Å². The minimum atomic E-state index is -0.579. The van der Waals surface area contributed by atoms with E-state index in [1.54, 1.807) is 7.11 Å². The second kappa shape index (κ2) is 9.83. The fourth-order valence-electron chi connectivity index (χ4n) is 1.35. The quantitative estimate of drug-likeness (QED) is 0.369. The van der Waals surface area contributed by atoms with Crippen LogP contribution in [0.15, 0.2) is 6.20 Å². The number of methoxy groups -OCH3 is 1. The Morgan fingerprint density at radius 3 is 2.76 bits per heavy atom. The predicted molar refractivity (Wildman–Crippen MR) is 75.7 cm³/mol. The summed E-state index contributed by atoms with van der Waals surface area (Å²) >= 11 is 0. The van der Waals surface area contributed by atoms with Gasteiger partial charge < -0.3 is 19.5 Å². The van der Waals surface area contributed by atoms with E-state index in [0.29, 0.717) is 32.3 Å². The first-order valence-electron chi connectivity index (χ1n) is 6.63. The van der Waals surface area contributed by atoms with E-state index in [1.165, 1.54) is 0 Å². The Kier molecular flexibility index (Phi) is 7.99. The van der Waals surface area contributed by atoms with Crippen LogP contribution in [0.25, 0.3) is 0 Å². The summed E-state index contributed by atoms with van der Waals surface area (Å²) in [5, 5.41) is 13.8. The fraction of sp³-hybridized carbons (Fsp3) is 0.667. The van der Waals surface area contributed by atoms with E-state index in [4.69, 9.17) is 14.2 Å². The van der Waals surface area contributed by atoms with Crippen LogP contribution in [0, 0.1) is 10.1 Å². The third kappa shape index (κ3) is 6.32. The molecule has 0 bridgehead atoms. The summed E-state index contributed by atoms with van der Waals surface area (Å²) in [6.07, 6.45) is 2.02. The zero-order valence-electron chi connectivity index (χ0n) is 12.2. The second-order valence-corrected chi connectivity index (χ2v) is 4.02. The van der Waals surface area contributed by atoms with Crippen molar-refractivity contribution in [3.05, 3.63) is 16.3 Å². The van der Waals surface area contributed by atoms with E-state index in [2.05, 4.69) is 15.3 Å². The predicted octanol–water partition coefficient (Wildman–Crippen LogP) is 1.25. The Morgan fingerprint density at radius 2 is 2.10 bits per heavy atom. The molecule has 0 amide bonds. The molecule has 0 saturated heterocycles. The molecule has 0 radical (unpaired) electrons. The maximum Gasteiger partial charge on any atom is 0.349 e. The highest BCUT2D eigenvalue weighted by molar-refractivity contribution is 5.43. The van der Waals surface area contributed by atoms with Gasteiger partial charge in [-0.1, -0.05) is 6.92 Å². The summed E-state index contributed by atoms with van der Waals surface area (Å²) in [6.45, 7) is 4.05. The van der Waals surface area contributed by atoms with Crippen LogP contribution in [-0.4, -0.2) is 55.0 Å². The van der Waals surface area contributed by atoms with Crippen LogP contribution in [0.4, 0.5) is 11.6 Å². The smallest absolute Gasteiger partial charge is 0.349 e. The van der Waals surface area contributed by atoms with E-state index in [0.717, 1.165) is 12.6 Å². The number of nitro groups is 1. The Bertz CT molecular complexity index is 444. The second-order valence-electron chi connectivity index (χ2n) is 4.02. The van der Waals surface area contributed by atoms with E-state index in [-0.39, 0.29) is 18.2 Å². The van der Waals surface area contributed by atoms with Gasteiger partial charge >= 0.3 is 5.69 Å². The maximum absolute atomic E-state index is 10.9. The summed E-state index contributed by atoms with van der Waals surface area (Å²) in [7, 11) is 1.58. The van der Waals surface area contributed by atoms with Crippen LogP contribution in [0.3, 0.4) is 0 Å².